The molecule has 4 aliphatic carbocycles. The molecule has 0 spiro atoms. The van der Waals surface area contributed by atoms with Crippen LogP contribution < -0.4 is 0 Å². The van der Waals surface area contributed by atoms with E-state index < -0.39 is 27.4 Å². The summed E-state index contributed by atoms with van der Waals surface area (Å²) in [5.74, 6) is 0.929. The van der Waals surface area contributed by atoms with E-state index in [-0.39, 0.29) is 35.0 Å². The number of carbonyl (C=O) groups excluding carboxylic acids is 2. The van der Waals surface area contributed by atoms with Crippen molar-refractivity contribution in [2.24, 2.45) is 28.6 Å². The van der Waals surface area contributed by atoms with Gasteiger partial charge < -0.3 is 5.11 Å². The summed E-state index contributed by atoms with van der Waals surface area (Å²) in [6.45, 7) is 6.23. The van der Waals surface area contributed by atoms with E-state index in [1.54, 1.807) is 0 Å². The molecule has 31 heavy (non-hydrogen) atoms. The van der Waals surface area contributed by atoms with Crippen LogP contribution in [0.3, 0.4) is 0 Å². The maximum atomic E-state index is 12.6. The van der Waals surface area contributed by atoms with E-state index in [4.69, 9.17) is 4.18 Å². The summed E-state index contributed by atoms with van der Waals surface area (Å²) in [6.07, 6.45) is 7.05. The van der Waals surface area contributed by atoms with Crippen molar-refractivity contribution in [3.8, 4) is 0 Å². The molecule has 0 radical (unpaired) electrons. The first-order chi connectivity index (χ1) is 14.5. The first-order valence-electron chi connectivity index (χ1n) is 11.9. The molecule has 1 N–H and O–H groups in total. The highest BCUT2D eigenvalue weighted by Crippen LogP contribution is 2.64. The van der Waals surface area contributed by atoms with Crippen molar-refractivity contribution in [3.63, 3.8) is 0 Å². The molecule has 7 heteroatoms. The zero-order valence-corrected chi connectivity index (χ0v) is 19.7. The van der Waals surface area contributed by atoms with Crippen molar-refractivity contribution in [1.82, 2.24) is 0 Å². The summed E-state index contributed by atoms with van der Waals surface area (Å²) in [4.78, 5) is 24.6. The largest absolute Gasteiger partial charge is 0.389 e. The molecule has 0 saturated heterocycles. The van der Waals surface area contributed by atoms with Crippen LogP contribution in [0.2, 0.25) is 0 Å². The summed E-state index contributed by atoms with van der Waals surface area (Å²) >= 11 is 0. The smallest absolute Gasteiger partial charge is 0.331 e. The van der Waals surface area contributed by atoms with Crippen LogP contribution in [-0.4, -0.2) is 36.6 Å². The molecular formula is C24H36O6S. The number of Topliss-reactive ketones (excluding diaryl/α,β-unsaturated/α-hetero) is 1. The molecule has 0 bridgehead atoms. The Balaban J connectivity index is 1.53. The van der Waals surface area contributed by atoms with Crippen LogP contribution in [0.5, 0.6) is 0 Å². The normalized spacial score (nSPS) is 42.4. The van der Waals surface area contributed by atoms with Crippen LogP contribution in [0, 0.1) is 28.6 Å². The molecule has 3 saturated carbocycles. The van der Waals surface area contributed by atoms with Gasteiger partial charge in [-0.05, 0) is 68.1 Å². The fraction of sp³-hybridized carbons (Fsp3) is 0.833. The summed E-state index contributed by atoms with van der Waals surface area (Å²) in [6, 6.07) is 0. The van der Waals surface area contributed by atoms with E-state index >= 15 is 0 Å². The zero-order valence-electron chi connectivity index (χ0n) is 18.9. The lowest BCUT2D eigenvalue weighted by atomic mass is 9.47. The second-order valence-corrected chi connectivity index (χ2v) is 12.3. The molecule has 4 unspecified atom stereocenters. The fourth-order valence-corrected chi connectivity index (χ4v) is 8.17. The molecule has 0 aromatic carbocycles. The number of rotatable bonds is 5. The van der Waals surface area contributed by atoms with Gasteiger partial charge >= 0.3 is 10.1 Å². The van der Waals surface area contributed by atoms with Crippen LogP contribution in [0.1, 0.15) is 85.0 Å². The third-order valence-corrected chi connectivity index (χ3v) is 10.4. The molecule has 0 heterocycles. The SMILES string of the molecule is CCCCC(=O)S(=O)(=O)O[C@H]1CC[C@@]2(C)C(=CC(O)C3C2CC[C@]2(C)C(=O)CCC32)C1. The summed E-state index contributed by atoms with van der Waals surface area (Å²) in [7, 11) is -4.22. The lowest BCUT2D eigenvalue weighted by Crippen LogP contribution is -2.54. The van der Waals surface area contributed by atoms with Gasteiger partial charge in [0.25, 0.3) is 5.12 Å². The van der Waals surface area contributed by atoms with Gasteiger partial charge in [-0.2, -0.15) is 8.42 Å². The number of aliphatic hydroxyl groups excluding tert-OH is 1. The van der Waals surface area contributed by atoms with Crippen molar-refractivity contribution in [1.29, 1.82) is 0 Å². The Morgan fingerprint density at radius 3 is 2.55 bits per heavy atom. The van der Waals surface area contributed by atoms with Gasteiger partial charge in [0.1, 0.15) is 5.78 Å². The second kappa shape index (κ2) is 8.07. The minimum absolute atomic E-state index is 0.00664. The molecule has 4 aliphatic rings. The molecule has 174 valence electrons. The molecule has 7 atom stereocenters. The van der Waals surface area contributed by atoms with Gasteiger partial charge in [0, 0.05) is 18.3 Å². The van der Waals surface area contributed by atoms with Gasteiger partial charge in [0.05, 0.1) is 12.2 Å². The van der Waals surface area contributed by atoms with Gasteiger partial charge in [0.15, 0.2) is 0 Å². The van der Waals surface area contributed by atoms with Crippen molar-refractivity contribution in [3.05, 3.63) is 11.6 Å². The highest BCUT2D eigenvalue weighted by atomic mass is 32.2. The van der Waals surface area contributed by atoms with Gasteiger partial charge in [-0.1, -0.05) is 38.8 Å². The molecule has 4 rings (SSSR count). The van der Waals surface area contributed by atoms with Crippen LogP contribution >= 0.6 is 0 Å². The highest BCUT2D eigenvalue weighted by Gasteiger charge is 2.60. The Labute approximate surface area is 185 Å². The van der Waals surface area contributed by atoms with E-state index in [1.807, 2.05) is 13.0 Å². The average Bonchev–Trinajstić information content (AvgIpc) is 3.02. The van der Waals surface area contributed by atoms with E-state index in [0.29, 0.717) is 31.5 Å². The molecule has 0 aromatic heterocycles. The van der Waals surface area contributed by atoms with E-state index in [2.05, 4.69) is 13.8 Å². The quantitative estimate of drug-likeness (QED) is 0.501. The highest BCUT2D eigenvalue weighted by molar-refractivity contribution is 8.02. The first kappa shape index (κ1) is 23.1. The van der Waals surface area contributed by atoms with E-state index in [9.17, 15) is 23.1 Å². The van der Waals surface area contributed by atoms with Gasteiger partial charge in [-0.15, -0.1) is 0 Å². The lowest BCUT2D eigenvalue weighted by Gasteiger charge is -2.58. The third kappa shape index (κ3) is 3.74. The Kier molecular flexibility index (Phi) is 6.02. The molecule has 0 aromatic rings. The molecule has 0 aliphatic heterocycles. The molecule has 6 nitrogen and oxygen atoms in total. The minimum atomic E-state index is -4.22. The summed E-state index contributed by atoms with van der Waals surface area (Å²) in [5.41, 5.74) is 0.630. The number of hydrogen-bond acceptors (Lipinski definition) is 6. The Hall–Kier alpha value is -1.05. The topological polar surface area (TPSA) is 97.7 Å². The van der Waals surface area contributed by atoms with Crippen molar-refractivity contribution in [2.45, 2.75) is 97.2 Å². The standard InChI is InChI=1S/C24H36O6S/c1-4-5-6-21(27)31(28,29)30-16-9-11-23(2)15(13-16)14-19(25)22-17-7-8-20(26)24(17,3)12-10-18(22)23/h14,16-19,22,25H,4-13H2,1-3H3/t16-,17?,18?,19?,22?,23-,24-/m0/s1. The fourth-order valence-electron chi connectivity index (χ4n) is 7.15. The number of unbranched alkanes of at least 4 members (excludes halogenated alkanes) is 1. The molecule has 0 amide bonds. The van der Waals surface area contributed by atoms with Crippen molar-refractivity contribution >= 4 is 21.0 Å². The number of hydrogen-bond donors (Lipinski definition) is 1. The maximum absolute atomic E-state index is 12.6. The van der Waals surface area contributed by atoms with Crippen molar-refractivity contribution in [2.75, 3.05) is 0 Å². The first-order valence-corrected chi connectivity index (χ1v) is 13.3. The Bertz CT molecular complexity index is 892. The summed E-state index contributed by atoms with van der Waals surface area (Å²) in [5, 5.41) is 10.3. The minimum Gasteiger partial charge on any atom is -0.389 e. The van der Waals surface area contributed by atoms with Gasteiger partial charge in [0.2, 0.25) is 0 Å². The maximum Gasteiger partial charge on any atom is 0.331 e. The monoisotopic (exact) mass is 452 g/mol. The lowest BCUT2D eigenvalue weighted by molar-refractivity contribution is -0.135. The van der Waals surface area contributed by atoms with Crippen LogP contribution in [0.4, 0.5) is 0 Å². The number of aliphatic hydroxyl groups is 1. The zero-order chi connectivity index (χ0) is 22.6. The van der Waals surface area contributed by atoms with Crippen molar-refractivity contribution < 1.29 is 27.3 Å². The van der Waals surface area contributed by atoms with Crippen LogP contribution in [0.15, 0.2) is 11.6 Å². The molecule has 3 fully saturated rings. The van der Waals surface area contributed by atoms with Crippen LogP contribution in [0.25, 0.3) is 0 Å². The third-order valence-electron chi connectivity index (χ3n) is 9.07. The van der Waals surface area contributed by atoms with Crippen LogP contribution in [-0.2, 0) is 23.9 Å². The predicted octanol–water partition coefficient (Wildman–Crippen LogP) is 3.92. The second-order valence-electron chi connectivity index (χ2n) is 10.7. The summed E-state index contributed by atoms with van der Waals surface area (Å²) < 4.78 is 30.1. The Morgan fingerprint density at radius 1 is 1.16 bits per heavy atom. The number of fused-ring (bicyclic) bond motifs is 5. The van der Waals surface area contributed by atoms with Gasteiger partial charge in [-0.3, -0.25) is 13.8 Å². The predicted molar refractivity (Wildman–Crippen MR) is 116 cm³/mol. The number of ketones is 1. The molecular weight excluding hydrogens is 416 g/mol. The van der Waals surface area contributed by atoms with E-state index in [0.717, 1.165) is 37.7 Å². The van der Waals surface area contributed by atoms with Gasteiger partial charge in [-0.25, -0.2) is 0 Å². The number of carbonyl (C=O) groups is 2. The van der Waals surface area contributed by atoms with E-state index in [1.165, 1.54) is 0 Å². The average molecular weight is 453 g/mol. The Morgan fingerprint density at radius 2 is 1.84 bits per heavy atom.